The Kier molecular flexibility index (Phi) is 1.99. The van der Waals surface area contributed by atoms with Gasteiger partial charge in [-0.1, -0.05) is 0 Å². The summed E-state index contributed by atoms with van der Waals surface area (Å²) >= 11 is 0. The molecule has 1 N–H and O–H groups in total. The minimum absolute atomic E-state index is 0.480. The average Bonchev–Trinajstić information content (AvgIpc) is 2.75. The largest absolute Gasteiger partial charge is 0.400 e. The van der Waals surface area contributed by atoms with Crippen molar-refractivity contribution in [3.05, 3.63) is 18.0 Å². The van der Waals surface area contributed by atoms with Crippen LogP contribution < -0.4 is 10.2 Å². The van der Waals surface area contributed by atoms with Crippen molar-refractivity contribution in [2.45, 2.75) is 18.9 Å². The summed E-state index contributed by atoms with van der Waals surface area (Å²) in [6.45, 7) is 1.11. The molecule has 4 nitrogen and oxygen atoms in total. The lowest BCUT2D eigenvalue weighted by molar-refractivity contribution is 0.133. The van der Waals surface area contributed by atoms with Gasteiger partial charge in [-0.05, 0) is 19.4 Å². The third-order valence-electron chi connectivity index (χ3n) is 2.23. The Labute approximate surface area is 71.5 Å². The molecule has 0 amide bonds. The van der Waals surface area contributed by atoms with E-state index in [2.05, 4.69) is 10.4 Å². The molecule has 1 saturated heterocycles. The van der Waals surface area contributed by atoms with Crippen LogP contribution in [0, 0.1) is 0 Å². The van der Waals surface area contributed by atoms with Gasteiger partial charge in [0.15, 0.2) is 0 Å². The predicted molar refractivity (Wildman–Crippen MR) is 44.7 cm³/mol. The van der Waals surface area contributed by atoms with Gasteiger partial charge < -0.3 is 10.2 Å². The summed E-state index contributed by atoms with van der Waals surface area (Å²) in [6, 6.07) is 0.480. The van der Waals surface area contributed by atoms with Gasteiger partial charge in [0.05, 0.1) is 12.4 Å². The standard InChI is InChI=1S/C8H13N3O/c1-12-11-6-7(5-10-11)8-3-2-4-9-8/h5-6,8-9H,2-4H2,1H3. The zero-order chi connectivity index (χ0) is 8.39. The number of nitrogens with one attached hydrogen (secondary N) is 1. The summed E-state index contributed by atoms with van der Waals surface area (Å²) in [5.41, 5.74) is 1.22. The summed E-state index contributed by atoms with van der Waals surface area (Å²) in [5.74, 6) is 0. The monoisotopic (exact) mass is 167 g/mol. The van der Waals surface area contributed by atoms with Gasteiger partial charge in [0.1, 0.15) is 7.11 Å². The fraction of sp³-hybridized carbons (Fsp3) is 0.625. The predicted octanol–water partition coefficient (Wildman–Crippen LogP) is 0.366. The number of aromatic nitrogens is 2. The summed E-state index contributed by atoms with van der Waals surface area (Å²) in [5, 5.41) is 7.44. The van der Waals surface area contributed by atoms with Gasteiger partial charge in [0, 0.05) is 11.6 Å². The first-order valence-electron chi connectivity index (χ1n) is 4.22. The van der Waals surface area contributed by atoms with Crippen molar-refractivity contribution in [2.24, 2.45) is 0 Å². The zero-order valence-corrected chi connectivity index (χ0v) is 7.16. The molecule has 0 bridgehead atoms. The molecule has 0 aromatic carbocycles. The molecular formula is C8H13N3O. The highest BCUT2D eigenvalue weighted by Gasteiger charge is 2.17. The van der Waals surface area contributed by atoms with Crippen molar-refractivity contribution in [3.8, 4) is 0 Å². The number of hydrogen-bond acceptors (Lipinski definition) is 3. The van der Waals surface area contributed by atoms with Crippen molar-refractivity contribution in [2.75, 3.05) is 13.7 Å². The fourth-order valence-electron chi connectivity index (χ4n) is 1.57. The maximum absolute atomic E-state index is 4.93. The van der Waals surface area contributed by atoms with E-state index in [1.165, 1.54) is 23.3 Å². The lowest BCUT2D eigenvalue weighted by atomic mass is 10.1. The molecule has 12 heavy (non-hydrogen) atoms. The van der Waals surface area contributed by atoms with Crippen molar-refractivity contribution < 1.29 is 4.84 Å². The van der Waals surface area contributed by atoms with E-state index in [1.807, 2.05) is 12.4 Å². The van der Waals surface area contributed by atoms with E-state index in [9.17, 15) is 0 Å². The Balaban J connectivity index is 2.11. The summed E-state index contributed by atoms with van der Waals surface area (Å²) in [4.78, 5) is 6.41. The van der Waals surface area contributed by atoms with E-state index >= 15 is 0 Å². The molecule has 0 saturated carbocycles. The van der Waals surface area contributed by atoms with Gasteiger partial charge in [-0.25, -0.2) is 0 Å². The number of hydrogen-bond donors (Lipinski definition) is 1. The molecule has 0 aliphatic carbocycles. The molecule has 1 aromatic rings. The minimum Gasteiger partial charge on any atom is -0.400 e. The number of nitrogens with zero attached hydrogens (tertiary/aromatic N) is 2. The Morgan fingerprint density at radius 3 is 3.25 bits per heavy atom. The first-order valence-corrected chi connectivity index (χ1v) is 4.22. The molecule has 1 aromatic heterocycles. The minimum atomic E-state index is 0.480. The van der Waals surface area contributed by atoms with Crippen LogP contribution >= 0.6 is 0 Å². The van der Waals surface area contributed by atoms with Crippen LogP contribution in [0.3, 0.4) is 0 Å². The average molecular weight is 167 g/mol. The van der Waals surface area contributed by atoms with Crippen LogP contribution in [0.2, 0.25) is 0 Å². The molecule has 1 aliphatic heterocycles. The maximum Gasteiger partial charge on any atom is 0.106 e. The van der Waals surface area contributed by atoms with Gasteiger partial charge in [-0.2, -0.15) is 0 Å². The highest BCUT2D eigenvalue weighted by Crippen LogP contribution is 2.21. The maximum atomic E-state index is 4.93. The molecule has 1 aliphatic rings. The molecule has 1 unspecified atom stereocenters. The van der Waals surface area contributed by atoms with Crippen LogP contribution in [-0.4, -0.2) is 23.6 Å². The van der Waals surface area contributed by atoms with Crippen molar-refractivity contribution in [1.29, 1.82) is 0 Å². The van der Waals surface area contributed by atoms with Crippen LogP contribution in [0.15, 0.2) is 12.4 Å². The summed E-state index contributed by atoms with van der Waals surface area (Å²) in [7, 11) is 1.61. The smallest absolute Gasteiger partial charge is 0.106 e. The van der Waals surface area contributed by atoms with E-state index in [-0.39, 0.29) is 0 Å². The highest BCUT2D eigenvalue weighted by molar-refractivity contribution is 5.11. The van der Waals surface area contributed by atoms with Gasteiger partial charge in [0.25, 0.3) is 0 Å². The first kappa shape index (κ1) is 7.61. The Morgan fingerprint density at radius 2 is 2.67 bits per heavy atom. The molecule has 1 atom stereocenters. The second-order valence-electron chi connectivity index (χ2n) is 3.01. The summed E-state index contributed by atoms with van der Waals surface area (Å²) < 4.78 is 0. The molecule has 0 spiro atoms. The van der Waals surface area contributed by atoms with Crippen LogP contribution in [0.1, 0.15) is 24.4 Å². The third kappa shape index (κ3) is 1.30. The molecule has 0 radical (unpaired) electrons. The highest BCUT2D eigenvalue weighted by atomic mass is 16.7. The Bertz CT molecular complexity index is 253. The van der Waals surface area contributed by atoms with Crippen molar-refractivity contribution in [3.63, 3.8) is 0 Å². The van der Waals surface area contributed by atoms with E-state index in [1.54, 1.807) is 7.11 Å². The zero-order valence-electron chi connectivity index (χ0n) is 7.16. The Morgan fingerprint density at radius 1 is 1.75 bits per heavy atom. The molecule has 1 fully saturated rings. The van der Waals surface area contributed by atoms with E-state index < -0.39 is 0 Å². The van der Waals surface area contributed by atoms with Crippen LogP contribution in [0.25, 0.3) is 0 Å². The van der Waals surface area contributed by atoms with Gasteiger partial charge >= 0.3 is 0 Å². The molecule has 2 rings (SSSR count). The summed E-state index contributed by atoms with van der Waals surface area (Å²) in [6.07, 6.45) is 6.23. The fourth-order valence-corrected chi connectivity index (χ4v) is 1.57. The quantitative estimate of drug-likeness (QED) is 0.691. The SMILES string of the molecule is COn1cc(C2CCCN2)cn1. The van der Waals surface area contributed by atoms with Crippen LogP contribution in [-0.2, 0) is 0 Å². The van der Waals surface area contributed by atoms with Gasteiger partial charge in [0.2, 0.25) is 0 Å². The topological polar surface area (TPSA) is 39.1 Å². The molecule has 66 valence electrons. The van der Waals surface area contributed by atoms with E-state index in [0.717, 1.165) is 6.54 Å². The van der Waals surface area contributed by atoms with Crippen molar-refractivity contribution >= 4 is 0 Å². The van der Waals surface area contributed by atoms with Gasteiger partial charge in [-0.3, -0.25) is 0 Å². The van der Waals surface area contributed by atoms with Gasteiger partial charge in [-0.15, -0.1) is 9.94 Å². The van der Waals surface area contributed by atoms with Crippen molar-refractivity contribution in [1.82, 2.24) is 15.3 Å². The second kappa shape index (κ2) is 3.15. The van der Waals surface area contributed by atoms with Crippen LogP contribution in [0.4, 0.5) is 0 Å². The molecule has 4 heteroatoms. The van der Waals surface area contributed by atoms with Crippen LogP contribution in [0.5, 0.6) is 0 Å². The van der Waals surface area contributed by atoms with E-state index in [4.69, 9.17) is 4.84 Å². The normalized spacial score (nSPS) is 22.9. The van der Waals surface area contributed by atoms with E-state index in [0.29, 0.717) is 6.04 Å². The Hall–Kier alpha value is -1.03. The third-order valence-corrected chi connectivity index (χ3v) is 2.23. The first-order chi connectivity index (χ1) is 5.90. The second-order valence-corrected chi connectivity index (χ2v) is 3.01. The molecular weight excluding hydrogens is 154 g/mol. The lowest BCUT2D eigenvalue weighted by Gasteiger charge is -2.05. The lowest BCUT2D eigenvalue weighted by Crippen LogP contribution is -2.12. The number of rotatable bonds is 2. The molecule has 2 heterocycles.